The van der Waals surface area contributed by atoms with E-state index >= 15 is 0 Å². The Bertz CT molecular complexity index is 899. The molecule has 0 fully saturated rings. The molecule has 1 aromatic heterocycles. The second-order valence-electron chi connectivity index (χ2n) is 6.37. The summed E-state index contributed by atoms with van der Waals surface area (Å²) in [6.45, 7) is 5.62. The van der Waals surface area contributed by atoms with Crippen molar-refractivity contribution in [2.24, 2.45) is 10.7 Å². The van der Waals surface area contributed by atoms with Gasteiger partial charge in [0, 0.05) is 10.2 Å². The van der Waals surface area contributed by atoms with Crippen LogP contribution in [0.5, 0.6) is 0 Å². The number of halogens is 1. The van der Waals surface area contributed by atoms with Crippen LogP contribution in [0.3, 0.4) is 0 Å². The van der Waals surface area contributed by atoms with Crippen LogP contribution in [0.25, 0.3) is 10.2 Å². The van der Waals surface area contributed by atoms with E-state index in [4.69, 9.17) is 5.73 Å². The third-order valence-electron chi connectivity index (χ3n) is 4.24. The lowest BCUT2D eigenvalue weighted by molar-refractivity contribution is 0.531. The summed E-state index contributed by atoms with van der Waals surface area (Å²) in [6, 6.07) is 5.95. The molecular formula is C15H18BrN3OS2. The fourth-order valence-corrected chi connectivity index (χ4v) is 6.09. The van der Waals surface area contributed by atoms with Crippen LogP contribution < -0.4 is 5.73 Å². The van der Waals surface area contributed by atoms with Gasteiger partial charge in [-0.3, -0.25) is 9.20 Å². The van der Waals surface area contributed by atoms with E-state index < -0.39 is 19.8 Å². The number of nitrogens with two attached hydrogens (primary N) is 1. The topological polar surface area (TPSA) is 68.3 Å². The van der Waals surface area contributed by atoms with Crippen LogP contribution in [0.4, 0.5) is 0 Å². The minimum absolute atomic E-state index is 0.356. The summed E-state index contributed by atoms with van der Waals surface area (Å²) >= 11 is 5.03. The van der Waals surface area contributed by atoms with Crippen LogP contribution in [0.15, 0.2) is 27.7 Å². The first-order chi connectivity index (χ1) is 10.1. The van der Waals surface area contributed by atoms with Crippen molar-refractivity contribution in [3.8, 4) is 0 Å². The minimum atomic E-state index is -2.41. The number of aromatic nitrogens is 1. The van der Waals surface area contributed by atoms with E-state index in [2.05, 4.69) is 31.8 Å². The number of aliphatic imine (C=N–C) groups is 1. The van der Waals surface area contributed by atoms with E-state index in [-0.39, 0.29) is 0 Å². The number of fused-ring (bicyclic) bond motifs is 1. The van der Waals surface area contributed by atoms with Crippen molar-refractivity contribution in [2.75, 3.05) is 5.75 Å². The monoisotopic (exact) mass is 399 g/mol. The molecule has 0 radical (unpaired) electrons. The first-order valence-electron chi connectivity index (χ1n) is 6.82. The van der Waals surface area contributed by atoms with E-state index in [1.165, 1.54) is 0 Å². The van der Waals surface area contributed by atoms with E-state index in [0.29, 0.717) is 11.6 Å². The molecule has 2 atom stereocenters. The van der Waals surface area contributed by atoms with Crippen molar-refractivity contribution >= 4 is 58.7 Å². The van der Waals surface area contributed by atoms with Crippen molar-refractivity contribution < 1.29 is 4.21 Å². The lowest BCUT2D eigenvalue weighted by Crippen LogP contribution is -2.54. The van der Waals surface area contributed by atoms with Crippen molar-refractivity contribution in [1.29, 1.82) is 0 Å². The van der Waals surface area contributed by atoms with Gasteiger partial charge in [0.1, 0.15) is 16.4 Å². The summed E-state index contributed by atoms with van der Waals surface area (Å²) in [6.07, 6.45) is 0. The van der Waals surface area contributed by atoms with Gasteiger partial charge in [0.2, 0.25) is 0 Å². The number of thiazole rings is 1. The highest BCUT2D eigenvalue weighted by Gasteiger charge is 2.46. The molecule has 0 amide bonds. The van der Waals surface area contributed by atoms with Gasteiger partial charge in [-0.15, -0.1) is 11.3 Å². The van der Waals surface area contributed by atoms with Gasteiger partial charge in [-0.1, -0.05) is 15.9 Å². The fourth-order valence-electron chi connectivity index (χ4n) is 2.50. The maximum atomic E-state index is 13.0. The van der Waals surface area contributed by atoms with Crippen LogP contribution in [0.1, 0.15) is 25.8 Å². The Kier molecular flexibility index (Phi) is 3.47. The highest BCUT2D eigenvalue weighted by Crippen LogP contribution is 2.40. The van der Waals surface area contributed by atoms with Crippen molar-refractivity contribution in [1.82, 2.24) is 4.98 Å². The average molecular weight is 400 g/mol. The highest BCUT2D eigenvalue weighted by molar-refractivity contribution is 9.10. The number of amidine groups is 1. The molecule has 1 aliphatic heterocycles. The molecule has 4 nitrogen and oxygen atoms in total. The molecule has 2 N–H and O–H groups in total. The van der Waals surface area contributed by atoms with Gasteiger partial charge in [-0.25, -0.2) is 4.98 Å². The van der Waals surface area contributed by atoms with Crippen molar-refractivity contribution in [2.45, 2.75) is 31.1 Å². The summed E-state index contributed by atoms with van der Waals surface area (Å²) < 4.78 is 14.4. The van der Waals surface area contributed by atoms with Gasteiger partial charge in [-0.05, 0) is 54.4 Å². The van der Waals surface area contributed by atoms with E-state index in [1.54, 1.807) is 11.3 Å². The molecule has 0 saturated heterocycles. The van der Waals surface area contributed by atoms with Crippen LogP contribution >= 0.6 is 27.3 Å². The molecule has 7 heteroatoms. The Labute approximate surface area is 143 Å². The molecule has 22 heavy (non-hydrogen) atoms. The lowest BCUT2D eigenvalue weighted by Gasteiger charge is -2.39. The largest absolute Gasteiger partial charge is 0.386 e. The molecule has 1 aliphatic rings. The Balaban J connectivity index is 2.19. The zero-order valence-corrected chi connectivity index (χ0v) is 15.9. The fraction of sp³-hybridized carbons (Fsp3) is 0.400. The molecule has 1 aromatic carbocycles. The van der Waals surface area contributed by atoms with Crippen LogP contribution in [-0.2, 0) is 15.1 Å². The zero-order valence-electron chi connectivity index (χ0n) is 12.7. The predicted octanol–water partition coefficient (Wildman–Crippen LogP) is 3.14. The highest BCUT2D eigenvalue weighted by atomic mass is 79.9. The molecule has 118 valence electrons. The summed E-state index contributed by atoms with van der Waals surface area (Å²) in [5.41, 5.74) is 6.35. The van der Waals surface area contributed by atoms with Gasteiger partial charge in [0.25, 0.3) is 0 Å². The second kappa shape index (κ2) is 4.79. The third kappa shape index (κ3) is 2.30. The first kappa shape index (κ1) is 16.0. The van der Waals surface area contributed by atoms with Crippen LogP contribution in [-0.4, -0.2) is 31.4 Å². The molecular weight excluding hydrogens is 382 g/mol. The number of hydrogen-bond acceptors (Lipinski definition) is 5. The molecule has 0 bridgehead atoms. The Morgan fingerprint density at radius 2 is 2.09 bits per heavy atom. The van der Waals surface area contributed by atoms with Crippen molar-refractivity contribution in [3.63, 3.8) is 0 Å². The summed E-state index contributed by atoms with van der Waals surface area (Å²) in [5, 5.41) is 0.829. The lowest BCUT2D eigenvalue weighted by atomic mass is 10.1. The number of rotatable bonds is 1. The smallest absolute Gasteiger partial charge is 0.122 e. The number of benzene rings is 1. The number of nitrogens with zero attached hydrogens (tertiary/aromatic N) is 2. The van der Waals surface area contributed by atoms with Gasteiger partial charge < -0.3 is 5.73 Å². The predicted molar refractivity (Wildman–Crippen MR) is 101 cm³/mol. The standard InChI is InChI=1S/C15H18BrN3OS2/c1-14(2)12(17)19-15(3,8-22(14,4)20)13-18-10-6-5-9(16)7-11(10)21-13/h5-7H,4,8H2,1-3H3,(H2,17,19)/t15-,22?/m0/s1. The quantitative estimate of drug-likeness (QED) is 0.748. The van der Waals surface area contributed by atoms with E-state index in [1.807, 2.05) is 39.0 Å². The average Bonchev–Trinajstić information content (AvgIpc) is 2.79. The SMILES string of the molecule is C=S1(=O)C[C@@](C)(c2nc3ccc(Br)cc3s2)N=C(N)C1(C)C. The molecule has 0 aliphatic carbocycles. The van der Waals surface area contributed by atoms with Crippen LogP contribution in [0.2, 0.25) is 0 Å². The molecule has 2 aromatic rings. The third-order valence-corrected chi connectivity index (χ3v) is 9.10. The zero-order chi connectivity index (χ0) is 16.3. The Morgan fingerprint density at radius 1 is 1.41 bits per heavy atom. The molecule has 1 unspecified atom stereocenters. The second-order valence-corrected chi connectivity index (χ2v) is 11.2. The summed E-state index contributed by atoms with van der Waals surface area (Å²) in [4.78, 5) is 9.34. The summed E-state index contributed by atoms with van der Waals surface area (Å²) in [7, 11) is -2.41. The molecule has 2 heterocycles. The maximum absolute atomic E-state index is 13.0. The normalized spacial score (nSPS) is 31.2. The number of hydrogen-bond donors (Lipinski definition) is 1. The van der Waals surface area contributed by atoms with Gasteiger partial charge in [-0.2, -0.15) is 0 Å². The molecule has 0 spiro atoms. The van der Waals surface area contributed by atoms with Gasteiger partial charge >= 0.3 is 0 Å². The first-order valence-corrected chi connectivity index (χ1v) is 10.3. The maximum Gasteiger partial charge on any atom is 0.122 e. The Morgan fingerprint density at radius 3 is 2.73 bits per heavy atom. The van der Waals surface area contributed by atoms with E-state index in [0.717, 1.165) is 19.7 Å². The molecule has 3 rings (SSSR count). The Hall–Kier alpha value is -0.920. The van der Waals surface area contributed by atoms with Gasteiger partial charge in [0.15, 0.2) is 0 Å². The van der Waals surface area contributed by atoms with Crippen molar-refractivity contribution in [3.05, 3.63) is 27.7 Å². The van der Waals surface area contributed by atoms with Crippen LogP contribution in [0, 0.1) is 0 Å². The minimum Gasteiger partial charge on any atom is -0.386 e. The molecule has 0 saturated carbocycles. The van der Waals surface area contributed by atoms with Gasteiger partial charge in [0.05, 0.1) is 15.0 Å². The summed E-state index contributed by atoms with van der Waals surface area (Å²) in [5.74, 6) is 4.70. The van der Waals surface area contributed by atoms with E-state index in [9.17, 15) is 4.21 Å².